The second-order valence-corrected chi connectivity index (χ2v) is 7.14. The Balaban J connectivity index is 1.43. The number of carbonyl (C=O) groups is 1. The number of carbonyl (C=O) groups excluding carboxylic acids is 1. The predicted octanol–water partition coefficient (Wildman–Crippen LogP) is 4.25. The molecule has 0 spiro atoms. The standard InChI is InChI=1S/C23H17F3N6O/c1-14-8-15(10-31-21(14)16-4-5-29-20(9-16)23(24,25)26)11-32-22(33)17-2-3-18(30-12-17)19-13-27-6-7-28-19/h2-10,12-13H,11H2,1H3,(H,32,33). The monoisotopic (exact) mass is 450 g/mol. The molecule has 0 aromatic carbocycles. The van der Waals surface area contributed by atoms with Gasteiger partial charge in [0.2, 0.25) is 0 Å². The molecule has 0 aliphatic heterocycles. The van der Waals surface area contributed by atoms with Crippen LogP contribution in [0.1, 0.15) is 27.2 Å². The van der Waals surface area contributed by atoms with Crippen LogP contribution >= 0.6 is 0 Å². The van der Waals surface area contributed by atoms with Crippen LogP contribution in [0.3, 0.4) is 0 Å². The van der Waals surface area contributed by atoms with Crippen LogP contribution in [0, 0.1) is 6.92 Å². The van der Waals surface area contributed by atoms with E-state index in [0.717, 1.165) is 12.3 Å². The number of rotatable bonds is 5. The fourth-order valence-corrected chi connectivity index (χ4v) is 3.16. The topological polar surface area (TPSA) is 93.6 Å². The third-order valence-corrected chi connectivity index (χ3v) is 4.76. The first-order chi connectivity index (χ1) is 15.8. The average molecular weight is 450 g/mol. The first-order valence-electron chi connectivity index (χ1n) is 9.81. The number of hydrogen-bond donors (Lipinski definition) is 1. The van der Waals surface area contributed by atoms with Gasteiger partial charge in [-0.05, 0) is 42.3 Å². The molecular formula is C23H17F3N6O. The largest absolute Gasteiger partial charge is 0.433 e. The third kappa shape index (κ3) is 5.17. The molecule has 4 aromatic rings. The summed E-state index contributed by atoms with van der Waals surface area (Å²) in [5.74, 6) is -0.320. The molecule has 4 rings (SSSR count). The summed E-state index contributed by atoms with van der Waals surface area (Å²) in [6.07, 6.45) is 4.25. The number of nitrogens with one attached hydrogen (secondary N) is 1. The van der Waals surface area contributed by atoms with Gasteiger partial charge in [0.25, 0.3) is 5.91 Å². The molecule has 0 unspecified atom stereocenters. The summed E-state index contributed by atoms with van der Waals surface area (Å²) in [7, 11) is 0. The highest BCUT2D eigenvalue weighted by Crippen LogP contribution is 2.30. The van der Waals surface area contributed by atoms with E-state index >= 15 is 0 Å². The average Bonchev–Trinajstić information content (AvgIpc) is 2.83. The Kier molecular flexibility index (Phi) is 6.07. The highest BCUT2D eigenvalue weighted by atomic mass is 19.4. The van der Waals surface area contributed by atoms with Crippen LogP contribution in [0.15, 0.2) is 67.5 Å². The molecule has 7 nitrogen and oxygen atoms in total. The van der Waals surface area contributed by atoms with Crippen molar-refractivity contribution in [2.75, 3.05) is 0 Å². The number of hydrogen-bond acceptors (Lipinski definition) is 6. The van der Waals surface area contributed by atoms with E-state index in [2.05, 4.69) is 30.2 Å². The minimum absolute atomic E-state index is 0.197. The fourth-order valence-electron chi connectivity index (χ4n) is 3.16. The summed E-state index contributed by atoms with van der Waals surface area (Å²) >= 11 is 0. The van der Waals surface area contributed by atoms with Gasteiger partial charge < -0.3 is 5.32 Å². The van der Waals surface area contributed by atoms with Crippen molar-refractivity contribution in [3.05, 3.63) is 89.9 Å². The van der Waals surface area contributed by atoms with Gasteiger partial charge in [0.15, 0.2) is 0 Å². The van der Waals surface area contributed by atoms with Crippen molar-refractivity contribution in [3.63, 3.8) is 0 Å². The maximum absolute atomic E-state index is 12.9. The minimum Gasteiger partial charge on any atom is -0.348 e. The first-order valence-corrected chi connectivity index (χ1v) is 9.81. The second kappa shape index (κ2) is 9.11. The van der Waals surface area contributed by atoms with Crippen molar-refractivity contribution < 1.29 is 18.0 Å². The molecule has 1 N–H and O–H groups in total. The molecule has 1 amide bonds. The molecule has 4 heterocycles. The zero-order valence-electron chi connectivity index (χ0n) is 17.3. The zero-order valence-corrected chi connectivity index (χ0v) is 17.3. The van der Waals surface area contributed by atoms with E-state index in [1.165, 1.54) is 18.5 Å². The number of halogens is 3. The highest BCUT2D eigenvalue weighted by Gasteiger charge is 2.32. The van der Waals surface area contributed by atoms with Crippen molar-refractivity contribution in [3.8, 4) is 22.6 Å². The van der Waals surface area contributed by atoms with Gasteiger partial charge in [-0.2, -0.15) is 13.2 Å². The molecule has 33 heavy (non-hydrogen) atoms. The predicted molar refractivity (Wildman–Crippen MR) is 114 cm³/mol. The van der Waals surface area contributed by atoms with E-state index in [0.29, 0.717) is 39.3 Å². The summed E-state index contributed by atoms with van der Waals surface area (Å²) in [6.45, 7) is 1.94. The van der Waals surface area contributed by atoms with Crippen molar-refractivity contribution in [1.29, 1.82) is 0 Å². The Morgan fingerprint density at radius 2 is 1.76 bits per heavy atom. The molecule has 4 aromatic heterocycles. The van der Waals surface area contributed by atoms with Gasteiger partial charge in [0, 0.05) is 43.1 Å². The first kappa shape index (κ1) is 22.0. The van der Waals surface area contributed by atoms with Gasteiger partial charge in [0.05, 0.1) is 23.1 Å². The van der Waals surface area contributed by atoms with E-state index < -0.39 is 11.9 Å². The number of alkyl halides is 3. The normalized spacial score (nSPS) is 11.3. The molecule has 0 radical (unpaired) electrons. The number of aromatic nitrogens is 5. The van der Waals surface area contributed by atoms with E-state index in [1.807, 2.05) is 0 Å². The molecule has 0 bridgehead atoms. The van der Waals surface area contributed by atoms with Crippen LogP contribution in [0.25, 0.3) is 22.6 Å². The van der Waals surface area contributed by atoms with Crippen LogP contribution in [0.4, 0.5) is 13.2 Å². The summed E-state index contributed by atoms with van der Waals surface area (Å²) in [4.78, 5) is 32.5. The fraction of sp³-hybridized carbons (Fsp3) is 0.130. The zero-order chi connectivity index (χ0) is 23.4. The number of aryl methyl sites for hydroxylation is 1. The molecule has 10 heteroatoms. The Morgan fingerprint density at radius 1 is 0.909 bits per heavy atom. The van der Waals surface area contributed by atoms with Crippen LogP contribution in [0.5, 0.6) is 0 Å². The SMILES string of the molecule is Cc1cc(CNC(=O)c2ccc(-c3cnccn3)nc2)cnc1-c1ccnc(C(F)(F)F)c1. The van der Waals surface area contributed by atoms with Gasteiger partial charge in [-0.25, -0.2) is 0 Å². The van der Waals surface area contributed by atoms with Crippen molar-refractivity contribution in [2.45, 2.75) is 19.6 Å². The van der Waals surface area contributed by atoms with Gasteiger partial charge >= 0.3 is 6.18 Å². The minimum atomic E-state index is -4.53. The van der Waals surface area contributed by atoms with Crippen molar-refractivity contribution in [1.82, 2.24) is 30.2 Å². The van der Waals surface area contributed by atoms with Gasteiger partial charge in [-0.1, -0.05) is 6.07 Å². The maximum Gasteiger partial charge on any atom is 0.433 e. The molecule has 166 valence electrons. The summed E-state index contributed by atoms with van der Waals surface area (Å²) in [5, 5.41) is 2.78. The maximum atomic E-state index is 12.9. The van der Waals surface area contributed by atoms with E-state index in [4.69, 9.17) is 0 Å². The van der Waals surface area contributed by atoms with Crippen LogP contribution in [-0.4, -0.2) is 30.8 Å². The molecule has 0 aliphatic carbocycles. The van der Waals surface area contributed by atoms with Crippen LogP contribution < -0.4 is 5.32 Å². The number of pyridine rings is 3. The Morgan fingerprint density at radius 3 is 2.42 bits per heavy atom. The summed E-state index contributed by atoms with van der Waals surface area (Å²) < 4.78 is 38.8. The lowest BCUT2D eigenvalue weighted by Crippen LogP contribution is -2.23. The summed E-state index contributed by atoms with van der Waals surface area (Å²) in [5.41, 5.74) is 2.72. The van der Waals surface area contributed by atoms with Crippen LogP contribution in [-0.2, 0) is 12.7 Å². The van der Waals surface area contributed by atoms with Gasteiger partial charge in [0.1, 0.15) is 11.4 Å². The smallest absolute Gasteiger partial charge is 0.348 e. The Labute approximate surface area is 186 Å². The lowest BCUT2D eigenvalue weighted by atomic mass is 10.1. The highest BCUT2D eigenvalue weighted by molar-refractivity contribution is 5.94. The van der Waals surface area contributed by atoms with Crippen molar-refractivity contribution in [2.24, 2.45) is 0 Å². The lowest BCUT2D eigenvalue weighted by Gasteiger charge is -2.11. The van der Waals surface area contributed by atoms with E-state index in [-0.39, 0.29) is 12.5 Å². The third-order valence-electron chi connectivity index (χ3n) is 4.76. The Bertz CT molecular complexity index is 1280. The second-order valence-electron chi connectivity index (χ2n) is 7.14. The molecule has 0 saturated heterocycles. The Hall–Kier alpha value is -4.21. The van der Waals surface area contributed by atoms with Gasteiger partial charge in [-0.3, -0.25) is 29.7 Å². The molecule has 0 atom stereocenters. The van der Waals surface area contributed by atoms with Crippen molar-refractivity contribution >= 4 is 5.91 Å². The quantitative estimate of drug-likeness (QED) is 0.489. The van der Waals surface area contributed by atoms with Gasteiger partial charge in [-0.15, -0.1) is 0 Å². The molecular weight excluding hydrogens is 433 g/mol. The molecule has 0 saturated carbocycles. The molecule has 0 aliphatic rings. The number of amides is 1. The molecule has 0 fully saturated rings. The summed E-state index contributed by atoms with van der Waals surface area (Å²) in [6, 6.07) is 7.54. The van der Waals surface area contributed by atoms with E-state index in [1.54, 1.807) is 43.7 Å². The number of nitrogens with zero attached hydrogens (tertiary/aromatic N) is 5. The van der Waals surface area contributed by atoms with E-state index in [9.17, 15) is 18.0 Å². The lowest BCUT2D eigenvalue weighted by molar-refractivity contribution is -0.141. The van der Waals surface area contributed by atoms with Crippen LogP contribution in [0.2, 0.25) is 0 Å².